The highest BCUT2D eigenvalue weighted by Crippen LogP contribution is 2.27. The van der Waals surface area contributed by atoms with E-state index in [1.54, 1.807) is 6.92 Å². The summed E-state index contributed by atoms with van der Waals surface area (Å²) >= 11 is 0. The number of halogens is 3. The summed E-state index contributed by atoms with van der Waals surface area (Å²) in [5.41, 5.74) is -1.63. The van der Waals surface area contributed by atoms with Gasteiger partial charge in [-0.25, -0.2) is 0 Å². The number of nitrogens with zero attached hydrogens (tertiary/aromatic N) is 1. The van der Waals surface area contributed by atoms with E-state index in [2.05, 4.69) is 5.32 Å². The summed E-state index contributed by atoms with van der Waals surface area (Å²) in [5, 5.41) is 2.65. The number of ether oxygens (including phenoxy) is 1. The lowest BCUT2D eigenvalue weighted by Gasteiger charge is -2.20. The van der Waals surface area contributed by atoms with E-state index in [0.717, 1.165) is 23.5 Å². The fraction of sp³-hybridized carbons (Fsp3) is 0.571. The molecule has 0 saturated carbocycles. The van der Waals surface area contributed by atoms with Crippen molar-refractivity contribution in [3.05, 3.63) is 34.2 Å². The van der Waals surface area contributed by atoms with Gasteiger partial charge in [0.05, 0.1) is 17.7 Å². The first-order valence-corrected chi connectivity index (χ1v) is 6.96. The zero-order valence-corrected chi connectivity index (χ0v) is 12.0. The average Bonchev–Trinajstić information content (AvgIpc) is 2.94. The first-order valence-electron chi connectivity index (χ1n) is 6.96. The standard InChI is InChI=1S/C14H17F3N2O3/c1-9(11-3-2-6-22-11)18-12(20)8-19-7-10(14(15,16)17)4-5-13(19)21/h4-5,7,9,11H,2-3,6,8H2,1H3,(H,18,20)/t9-,11+/m1/s1. The van der Waals surface area contributed by atoms with Crippen LogP contribution in [0.1, 0.15) is 25.3 Å². The maximum atomic E-state index is 12.6. The van der Waals surface area contributed by atoms with E-state index in [1.165, 1.54) is 0 Å². The highest BCUT2D eigenvalue weighted by molar-refractivity contribution is 5.76. The molecule has 1 N–H and O–H groups in total. The number of alkyl halides is 3. The van der Waals surface area contributed by atoms with E-state index < -0.39 is 29.8 Å². The molecule has 122 valence electrons. The first-order chi connectivity index (χ1) is 10.3. The summed E-state index contributed by atoms with van der Waals surface area (Å²) in [5.74, 6) is -0.524. The van der Waals surface area contributed by atoms with E-state index in [1.807, 2.05) is 0 Å². The Morgan fingerprint density at radius 2 is 2.23 bits per heavy atom. The Labute approximate surface area is 125 Å². The minimum Gasteiger partial charge on any atom is -0.376 e. The summed E-state index contributed by atoms with van der Waals surface area (Å²) in [6.45, 7) is 1.95. The molecule has 2 atom stereocenters. The van der Waals surface area contributed by atoms with E-state index in [4.69, 9.17) is 4.74 Å². The van der Waals surface area contributed by atoms with Crippen molar-refractivity contribution >= 4 is 5.91 Å². The van der Waals surface area contributed by atoms with Gasteiger partial charge in [0.1, 0.15) is 6.54 Å². The SMILES string of the molecule is C[C@@H](NC(=O)Cn1cc(C(F)(F)F)ccc1=O)[C@@H]1CCCO1. The molecule has 1 aromatic heterocycles. The molecule has 1 fully saturated rings. The zero-order chi connectivity index (χ0) is 16.3. The average molecular weight is 318 g/mol. The summed E-state index contributed by atoms with van der Waals surface area (Å²) in [4.78, 5) is 23.5. The highest BCUT2D eigenvalue weighted by atomic mass is 19.4. The Kier molecular flexibility index (Phi) is 4.90. The summed E-state index contributed by atoms with van der Waals surface area (Å²) < 4.78 is 44.0. The predicted molar refractivity (Wildman–Crippen MR) is 72.3 cm³/mol. The van der Waals surface area contributed by atoms with Crippen LogP contribution in [0.5, 0.6) is 0 Å². The summed E-state index contributed by atoms with van der Waals surface area (Å²) in [7, 11) is 0. The van der Waals surface area contributed by atoms with Gasteiger partial charge in [0.25, 0.3) is 5.56 Å². The minimum atomic E-state index is -4.56. The second kappa shape index (κ2) is 6.51. The topological polar surface area (TPSA) is 60.3 Å². The smallest absolute Gasteiger partial charge is 0.376 e. The van der Waals surface area contributed by atoms with Crippen LogP contribution in [0.15, 0.2) is 23.1 Å². The molecule has 0 aliphatic carbocycles. The molecule has 5 nitrogen and oxygen atoms in total. The number of aromatic nitrogens is 1. The predicted octanol–water partition coefficient (Wildman–Crippen LogP) is 1.55. The van der Waals surface area contributed by atoms with Crippen molar-refractivity contribution in [2.75, 3.05) is 6.61 Å². The van der Waals surface area contributed by atoms with E-state index in [9.17, 15) is 22.8 Å². The van der Waals surface area contributed by atoms with E-state index in [0.29, 0.717) is 18.9 Å². The lowest BCUT2D eigenvalue weighted by Crippen LogP contribution is -2.43. The Morgan fingerprint density at radius 1 is 1.50 bits per heavy atom. The fourth-order valence-electron chi connectivity index (χ4n) is 2.37. The van der Waals surface area contributed by atoms with Crippen LogP contribution in [-0.2, 0) is 22.3 Å². The third-order valence-electron chi connectivity index (χ3n) is 3.54. The third kappa shape index (κ3) is 4.09. The minimum absolute atomic E-state index is 0.0952. The molecule has 0 unspecified atom stereocenters. The molecule has 0 aromatic carbocycles. The van der Waals surface area contributed by atoms with Crippen molar-refractivity contribution in [1.29, 1.82) is 0 Å². The van der Waals surface area contributed by atoms with Gasteiger partial charge >= 0.3 is 6.18 Å². The van der Waals surface area contributed by atoms with Gasteiger partial charge in [-0.15, -0.1) is 0 Å². The van der Waals surface area contributed by atoms with Gasteiger partial charge in [0.15, 0.2) is 0 Å². The maximum Gasteiger partial charge on any atom is 0.417 e. The Bertz CT molecular complexity index is 592. The van der Waals surface area contributed by atoms with Gasteiger partial charge in [0, 0.05) is 18.9 Å². The first kappa shape index (κ1) is 16.5. The summed E-state index contributed by atoms with van der Waals surface area (Å²) in [6.07, 6.45) is -2.26. The molecule has 2 rings (SSSR count). The normalized spacial score (nSPS) is 19.9. The van der Waals surface area contributed by atoms with Gasteiger partial charge in [-0.2, -0.15) is 13.2 Å². The zero-order valence-electron chi connectivity index (χ0n) is 12.0. The molecule has 2 heterocycles. The van der Waals surface area contributed by atoms with Crippen LogP contribution >= 0.6 is 0 Å². The Hall–Kier alpha value is -1.83. The van der Waals surface area contributed by atoms with Crippen LogP contribution in [0.25, 0.3) is 0 Å². The van der Waals surface area contributed by atoms with Crippen molar-refractivity contribution in [2.45, 2.75) is 44.6 Å². The number of amides is 1. The molecule has 1 aliphatic heterocycles. The number of nitrogens with one attached hydrogen (secondary N) is 1. The number of carbonyl (C=O) groups is 1. The van der Waals surface area contributed by atoms with Crippen molar-refractivity contribution in [2.24, 2.45) is 0 Å². The fourth-order valence-corrected chi connectivity index (χ4v) is 2.37. The molecule has 1 amide bonds. The lowest BCUT2D eigenvalue weighted by atomic mass is 10.1. The molecule has 8 heteroatoms. The van der Waals surface area contributed by atoms with Crippen LogP contribution in [0.2, 0.25) is 0 Å². The molecule has 22 heavy (non-hydrogen) atoms. The van der Waals surface area contributed by atoms with Gasteiger partial charge in [-0.05, 0) is 25.8 Å². The van der Waals surface area contributed by atoms with Crippen LogP contribution in [0, 0.1) is 0 Å². The molecule has 0 spiro atoms. The van der Waals surface area contributed by atoms with Crippen LogP contribution < -0.4 is 10.9 Å². The molecular weight excluding hydrogens is 301 g/mol. The molecule has 0 bridgehead atoms. The quantitative estimate of drug-likeness (QED) is 0.916. The Morgan fingerprint density at radius 3 is 2.82 bits per heavy atom. The Balaban J connectivity index is 2.03. The molecule has 1 saturated heterocycles. The number of hydrogen-bond donors (Lipinski definition) is 1. The largest absolute Gasteiger partial charge is 0.417 e. The third-order valence-corrected chi connectivity index (χ3v) is 3.54. The molecule has 1 aliphatic rings. The van der Waals surface area contributed by atoms with E-state index >= 15 is 0 Å². The van der Waals surface area contributed by atoms with Crippen LogP contribution in [0.3, 0.4) is 0 Å². The monoisotopic (exact) mass is 318 g/mol. The van der Waals surface area contributed by atoms with Gasteiger partial charge in [-0.1, -0.05) is 0 Å². The number of carbonyl (C=O) groups excluding carboxylic acids is 1. The van der Waals surface area contributed by atoms with Crippen molar-refractivity contribution in [3.8, 4) is 0 Å². The van der Waals surface area contributed by atoms with Crippen molar-refractivity contribution in [3.63, 3.8) is 0 Å². The second-order valence-electron chi connectivity index (χ2n) is 5.29. The van der Waals surface area contributed by atoms with Gasteiger partial charge in [0.2, 0.25) is 5.91 Å². The van der Waals surface area contributed by atoms with Gasteiger partial charge in [-0.3, -0.25) is 9.59 Å². The molecular formula is C14H17F3N2O3. The van der Waals surface area contributed by atoms with Crippen LogP contribution in [-0.4, -0.2) is 29.2 Å². The lowest BCUT2D eigenvalue weighted by molar-refractivity contribution is -0.138. The molecule has 0 radical (unpaired) electrons. The van der Waals surface area contributed by atoms with Crippen LogP contribution in [0.4, 0.5) is 13.2 Å². The summed E-state index contributed by atoms with van der Waals surface area (Å²) in [6, 6.07) is 1.25. The number of hydrogen-bond acceptors (Lipinski definition) is 3. The van der Waals surface area contributed by atoms with Crippen molar-refractivity contribution < 1.29 is 22.7 Å². The maximum absolute atomic E-state index is 12.6. The van der Waals surface area contributed by atoms with E-state index in [-0.39, 0.29) is 12.1 Å². The number of rotatable bonds is 4. The van der Waals surface area contributed by atoms with Gasteiger partial charge < -0.3 is 14.6 Å². The van der Waals surface area contributed by atoms with Crippen molar-refractivity contribution in [1.82, 2.24) is 9.88 Å². The molecule has 1 aromatic rings. The highest BCUT2D eigenvalue weighted by Gasteiger charge is 2.31. The second-order valence-corrected chi connectivity index (χ2v) is 5.29. The number of pyridine rings is 1.